The van der Waals surface area contributed by atoms with E-state index in [-0.39, 0.29) is 10.6 Å². The second kappa shape index (κ2) is 5.27. The van der Waals surface area contributed by atoms with Crippen LogP contribution in [0.25, 0.3) is 11.3 Å². The molecule has 0 aliphatic rings. The Balaban J connectivity index is 2.43. The fourth-order valence-electron chi connectivity index (χ4n) is 1.78. The van der Waals surface area contributed by atoms with E-state index >= 15 is 0 Å². The zero-order chi connectivity index (χ0) is 13.1. The molecular weight excluding hydrogens is 250 g/mol. The molecule has 0 radical (unpaired) electrons. The number of benzene rings is 1. The summed E-state index contributed by atoms with van der Waals surface area (Å²) >= 11 is 5.79. The molecule has 0 amide bonds. The summed E-state index contributed by atoms with van der Waals surface area (Å²) in [5, 5.41) is 0.229. The molecule has 1 aromatic heterocycles. The Morgan fingerprint density at radius 3 is 2.44 bits per heavy atom. The summed E-state index contributed by atoms with van der Waals surface area (Å²) in [5.74, 6) is 0.820. The van der Waals surface area contributed by atoms with Crippen molar-refractivity contribution in [3.63, 3.8) is 0 Å². The lowest BCUT2D eigenvalue weighted by atomic mass is 10.1. The summed E-state index contributed by atoms with van der Waals surface area (Å²) < 4.78 is 6.92. The van der Waals surface area contributed by atoms with E-state index in [9.17, 15) is 4.79 Å². The first-order valence-electron chi connectivity index (χ1n) is 5.72. The predicted molar refractivity (Wildman–Crippen MR) is 73.3 cm³/mol. The molecule has 0 unspecified atom stereocenters. The number of aromatic nitrogens is 1. The normalized spacial score (nSPS) is 10.4. The number of hydrogen-bond donors (Lipinski definition) is 0. The van der Waals surface area contributed by atoms with Crippen LogP contribution in [-0.4, -0.2) is 11.2 Å². The van der Waals surface area contributed by atoms with E-state index in [1.54, 1.807) is 13.1 Å². The average molecular weight is 264 g/mol. The van der Waals surface area contributed by atoms with Crippen molar-refractivity contribution >= 4 is 11.6 Å². The summed E-state index contributed by atoms with van der Waals surface area (Å²) in [4.78, 5) is 11.7. The zero-order valence-electron chi connectivity index (χ0n) is 10.3. The van der Waals surface area contributed by atoms with Crippen molar-refractivity contribution in [3.8, 4) is 17.0 Å². The number of halogens is 1. The van der Waals surface area contributed by atoms with Crippen molar-refractivity contribution in [1.29, 1.82) is 0 Å². The second-order valence-electron chi connectivity index (χ2n) is 3.89. The molecule has 0 saturated heterocycles. The molecule has 0 aliphatic carbocycles. The van der Waals surface area contributed by atoms with Gasteiger partial charge in [-0.3, -0.25) is 4.79 Å². The summed E-state index contributed by atoms with van der Waals surface area (Å²) in [6.07, 6.45) is 0. The lowest BCUT2D eigenvalue weighted by Gasteiger charge is -2.09. The molecule has 0 atom stereocenters. The fraction of sp³-hybridized carbons (Fsp3) is 0.214. The monoisotopic (exact) mass is 263 g/mol. The van der Waals surface area contributed by atoms with Gasteiger partial charge in [-0.2, -0.15) is 0 Å². The van der Waals surface area contributed by atoms with Crippen LogP contribution in [0.5, 0.6) is 5.75 Å². The molecule has 94 valence electrons. The predicted octanol–water partition coefficient (Wildman–Crippen LogP) is 3.10. The summed E-state index contributed by atoms with van der Waals surface area (Å²) in [6.45, 7) is 2.58. The first-order chi connectivity index (χ1) is 8.63. The van der Waals surface area contributed by atoms with Gasteiger partial charge in [-0.25, -0.2) is 0 Å². The molecule has 18 heavy (non-hydrogen) atoms. The molecule has 0 aliphatic heterocycles. The van der Waals surface area contributed by atoms with E-state index in [1.165, 1.54) is 4.57 Å². The quantitative estimate of drug-likeness (QED) is 0.852. The molecule has 1 heterocycles. The van der Waals surface area contributed by atoms with Crippen LogP contribution >= 0.6 is 11.6 Å². The number of hydrogen-bond acceptors (Lipinski definition) is 2. The topological polar surface area (TPSA) is 31.2 Å². The van der Waals surface area contributed by atoms with E-state index in [1.807, 2.05) is 37.3 Å². The Kier molecular flexibility index (Phi) is 3.72. The van der Waals surface area contributed by atoms with E-state index in [4.69, 9.17) is 16.3 Å². The zero-order valence-corrected chi connectivity index (χ0v) is 11.1. The highest BCUT2D eigenvalue weighted by atomic mass is 35.5. The lowest BCUT2D eigenvalue weighted by molar-refractivity contribution is 0.340. The molecule has 3 nitrogen and oxygen atoms in total. The maximum Gasteiger partial charge on any atom is 0.269 e. The molecule has 0 bridgehead atoms. The van der Waals surface area contributed by atoms with Crippen LogP contribution < -0.4 is 10.3 Å². The third-order valence-corrected chi connectivity index (χ3v) is 3.01. The van der Waals surface area contributed by atoms with Crippen LogP contribution in [0.3, 0.4) is 0 Å². The molecule has 0 N–H and O–H groups in total. The average Bonchev–Trinajstić information content (AvgIpc) is 2.38. The molecule has 0 spiro atoms. The van der Waals surface area contributed by atoms with Gasteiger partial charge in [0.2, 0.25) is 0 Å². The Bertz CT molecular complexity index is 602. The second-order valence-corrected chi connectivity index (χ2v) is 4.30. The fourth-order valence-corrected chi connectivity index (χ4v) is 1.97. The molecular formula is C14H14ClNO2. The molecule has 0 saturated carbocycles. The highest BCUT2D eigenvalue weighted by molar-refractivity contribution is 6.30. The molecule has 2 aromatic rings. The van der Waals surface area contributed by atoms with Crippen LogP contribution in [-0.2, 0) is 7.05 Å². The van der Waals surface area contributed by atoms with Crippen molar-refractivity contribution in [2.24, 2.45) is 7.05 Å². The highest BCUT2D eigenvalue weighted by Gasteiger charge is 2.06. The third-order valence-electron chi connectivity index (χ3n) is 2.72. The maximum absolute atomic E-state index is 11.7. The van der Waals surface area contributed by atoms with Gasteiger partial charge in [0.1, 0.15) is 10.8 Å². The van der Waals surface area contributed by atoms with Gasteiger partial charge in [0.25, 0.3) is 5.56 Å². The highest BCUT2D eigenvalue weighted by Crippen LogP contribution is 2.21. The van der Waals surface area contributed by atoms with Crippen LogP contribution in [0.4, 0.5) is 0 Å². The van der Waals surface area contributed by atoms with Crippen LogP contribution in [0.2, 0.25) is 5.02 Å². The Morgan fingerprint density at radius 2 is 1.83 bits per heavy atom. The molecule has 4 heteroatoms. The first kappa shape index (κ1) is 12.7. The number of ether oxygens (including phenoxy) is 1. The van der Waals surface area contributed by atoms with E-state index in [2.05, 4.69) is 0 Å². The van der Waals surface area contributed by atoms with Crippen molar-refractivity contribution in [2.45, 2.75) is 6.92 Å². The van der Waals surface area contributed by atoms with Crippen molar-refractivity contribution in [1.82, 2.24) is 4.57 Å². The van der Waals surface area contributed by atoms with Gasteiger partial charge in [-0.1, -0.05) is 11.6 Å². The number of rotatable bonds is 3. The number of nitrogens with zero attached hydrogens (tertiary/aromatic N) is 1. The van der Waals surface area contributed by atoms with E-state index in [0.717, 1.165) is 17.0 Å². The minimum absolute atomic E-state index is 0.192. The van der Waals surface area contributed by atoms with Crippen molar-refractivity contribution in [2.75, 3.05) is 6.61 Å². The minimum Gasteiger partial charge on any atom is -0.494 e. The first-order valence-corrected chi connectivity index (χ1v) is 6.10. The van der Waals surface area contributed by atoms with Gasteiger partial charge in [0.05, 0.1) is 12.3 Å². The maximum atomic E-state index is 11.7. The largest absolute Gasteiger partial charge is 0.494 e. The van der Waals surface area contributed by atoms with Gasteiger partial charge in [-0.15, -0.1) is 0 Å². The standard InChI is InChI=1S/C14H14ClNO2/c1-3-18-11-6-4-10(5-7-11)13-9-8-12(15)14(17)16(13)2/h4-9H,3H2,1-2H3. The number of pyridine rings is 1. The summed E-state index contributed by atoms with van der Waals surface area (Å²) in [6, 6.07) is 11.1. The van der Waals surface area contributed by atoms with Crippen molar-refractivity contribution < 1.29 is 4.74 Å². The Labute approximate surface area is 111 Å². The third kappa shape index (κ3) is 2.41. The minimum atomic E-state index is -0.192. The van der Waals surface area contributed by atoms with Gasteiger partial charge in [0, 0.05) is 7.05 Å². The van der Waals surface area contributed by atoms with Crippen LogP contribution in [0, 0.1) is 0 Å². The molecule has 1 aromatic carbocycles. The Morgan fingerprint density at radius 1 is 1.17 bits per heavy atom. The smallest absolute Gasteiger partial charge is 0.269 e. The van der Waals surface area contributed by atoms with Gasteiger partial charge in [-0.05, 0) is 48.9 Å². The Hall–Kier alpha value is -1.74. The van der Waals surface area contributed by atoms with Gasteiger partial charge in [0.15, 0.2) is 0 Å². The van der Waals surface area contributed by atoms with Crippen molar-refractivity contribution in [3.05, 3.63) is 51.8 Å². The van der Waals surface area contributed by atoms with E-state index in [0.29, 0.717) is 6.61 Å². The SMILES string of the molecule is CCOc1ccc(-c2ccc(Cl)c(=O)n2C)cc1. The lowest BCUT2D eigenvalue weighted by Crippen LogP contribution is -2.18. The summed E-state index contributed by atoms with van der Waals surface area (Å²) in [5.41, 5.74) is 1.59. The van der Waals surface area contributed by atoms with Crippen LogP contribution in [0.1, 0.15) is 6.92 Å². The van der Waals surface area contributed by atoms with Gasteiger partial charge < -0.3 is 9.30 Å². The molecule has 2 rings (SSSR count). The van der Waals surface area contributed by atoms with Gasteiger partial charge >= 0.3 is 0 Å². The summed E-state index contributed by atoms with van der Waals surface area (Å²) in [7, 11) is 1.71. The molecule has 0 fully saturated rings. The van der Waals surface area contributed by atoms with Crippen LogP contribution in [0.15, 0.2) is 41.2 Å². The van der Waals surface area contributed by atoms with E-state index < -0.39 is 0 Å².